The third-order valence-electron chi connectivity index (χ3n) is 2.21. The number of hydrogen-bond acceptors (Lipinski definition) is 3. The van der Waals surface area contributed by atoms with E-state index in [2.05, 4.69) is 30.5 Å². The summed E-state index contributed by atoms with van der Waals surface area (Å²) in [7, 11) is 0. The summed E-state index contributed by atoms with van der Waals surface area (Å²) in [5.41, 5.74) is 1.16. The van der Waals surface area contributed by atoms with Crippen molar-refractivity contribution in [3.8, 4) is 0 Å². The molecular weight excluding hydrogens is 184 g/mol. The van der Waals surface area contributed by atoms with Gasteiger partial charge in [0.1, 0.15) is 12.2 Å². The van der Waals surface area contributed by atoms with Crippen molar-refractivity contribution in [1.29, 1.82) is 0 Å². The highest BCUT2D eigenvalue weighted by Gasteiger charge is 2.39. The molecule has 0 saturated carbocycles. The number of rotatable bonds is 3. The zero-order valence-electron chi connectivity index (χ0n) is 7.43. The molecule has 13 heavy (non-hydrogen) atoms. The Morgan fingerprint density at radius 3 is 2.54 bits per heavy atom. The molecule has 0 aromatic heterocycles. The lowest BCUT2D eigenvalue weighted by Crippen LogP contribution is -1.94. The minimum absolute atomic E-state index is 0.0279. The standard InChI is InChI=1S/C10H12O2S/c1-13-8-4-2-7(3-5-8)10-9(6-11)12-10/h2-5,9-11H,6H2,1H3/t9-,10-/m1/s1. The van der Waals surface area contributed by atoms with E-state index in [1.807, 2.05) is 0 Å². The molecule has 0 bridgehead atoms. The Morgan fingerprint density at radius 2 is 2.08 bits per heavy atom. The van der Waals surface area contributed by atoms with E-state index in [1.165, 1.54) is 4.90 Å². The summed E-state index contributed by atoms with van der Waals surface area (Å²) in [5.74, 6) is 0. The van der Waals surface area contributed by atoms with Crippen molar-refractivity contribution in [2.75, 3.05) is 12.9 Å². The Hall–Kier alpha value is -0.510. The second kappa shape index (κ2) is 3.70. The Bertz CT molecular complexity index is 283. The topological polar surface area (TPSA) is 32.8 Å². The van der Waals surface area contributed by atoms with E-state index in [0.29, 0.717) is 0 Å². The fourth-order valence-electron chi connectivity index (χ4n) is 1.37. The minimum atomic E-state index is 0.0279. The van der Waals surface area contributed by atoms with Gasteiger partial charge in [-0.15, -0.1) is 11.8 Å². The molecule has 70 valence electrons. The number of benzene rings is 1. The second-order valence-electron chi connectivity index (χ2n) is 3.05. The predicted molar refractivity (Wildman–Crippen MR) is 52.9 cm³/mol. The maximum absolute atomic E-state index is 8.81. The smallest absolute Gasteiger partial charge is 0.112 e. The van der Waals surface area contributed by atoms with E-state index in [-0.39, 0.29) is 18.8 Å². The van der Waals surface area contributed by atoms with Crippen molar-refractivity contribution in [2.45, 2.75) is 17.1 Å². The van der Waals surface area contributed by atoms with Crippen LogP contribution in [0.4, 0.5) is 0 Å². The first-order valence-corrected chi connectivity index (χ1v) is 5.48. The largest absolute Gasteiger partial charge is 0.394 e. The second-order valence-corrected chi connectivity index (χ2v) is 3.93. The lowest BCUT2D eigenvalue weighted by Gasteiger charge is -1.97. The lowest BCUT2D eigenvalue weighted by molar-refractivity contribution is 0.242. The number of aliphatic hydroxyl groups is 1. The Kier molecular flexibility index (Phi) is 2.58. The number of ether oxygens (including phenoxy) is 1. The number of aliphatic hydroxyl groups excluding tert-OH is 1. The third-order valence-corrected chi connectivity index (χ3v) is 2.95. The Morgan fingerprint density at radius 1 is 1.38 bits per heavy atom. The van der Waals surface area contributed by atoms with Crippen LogP contribution in [-0.2, 0) is 4.74 Å². The van der Waals surface area contributed by atoms with Crippen molar-refractivity contribution < 1.29 is 9.84 Å². The van der Waals surface area contributed by atoms with Crippen LogP contribution in [0.5, 0.6) is 0 Å². The highest BCUT2D eigenvalue weighted by molar-refractivity contribution is 7.98. The van der Waals surface area contributed by atoms with E-state index in [4.69, 9.17) is 9.84 Å². The van der Waals surface area contributed by atoms with Crippen LogP contribution in [0.25, 0.3) is 0 Å². The number of thioether (sulfide) groups is 1. The van der Waals surface area contributed by atoms with Gasteiger partial charge in [0.05, 0.1) is 6.61 Å². The van der Waals surface area contributed by atoms with E-state index < -0.39 is 0 Å². The molecule has 0 spiro atoms. The van der Waals surface area contributed by atoms with Crippen LogP contribution in [0.3, 0.4) is 0 Å². The quantitative estimate of drug-likeness (QED) is 0.591. The van der Waals surface area contributed by atoms with Gasteiger partial charge >= 0.3 is 0 Å². The monoisotopic (exact) mass is 196 g/mol. The minimum Gasteiger partial charge on any atom is -0.394 e. The zero-order valence-corrected chi connectivity index (χ0v) is 8.25. The molecule has 1 aliphatic heterocycles. The fourth-order valence-corrected chi connectivity index (χ4v) is 1.78. The van der Waals surface area contributed by atoms with Gasteiger partial charge in [-0.2, -0.15) is 0 Å². The van der Waals surface area contributed by atoms with Gasteiger partial charge in [0.2, 0.25) is 0 Å². The van der Waals surface area contributed by atoms with Gasteiger partial charge in [-0.25, -0.2) is 0 Å². The van der Waals surface area contributed by atoms with E-state index in [9.17, 15) is 0 Å². The molecule has 1 aromatic carbocycles. The maximum atomic E-state index is 8.81. The summed E-state index contributed by atoms with van der Waals surface area (Å²) < 4.78 is 5.27. The zero-order chi connectivity index (χ0) is 9.26. The van der Waals surface area contributed by atoms with Gasteiger partial charge < -0.3 is 9.84 Å². The summed E-state index contributed by atoms with van der Waals surface area (Å²) in [6, 6.07) is 8.28. The van der Waals surface area contributed by atoms with Gasteiger partial charge in [0, 0.05) is 4.90 Å². The molecule has 1 saturated heterocycles. The van der Waals surface area contributed by atoms with Gasteiger partial charge in [-0.1, -0.05) is 12.1 Å². The summed E-state index contributed by atoms with van der Waals surface area (Å²) in [4.78, 5) is 1.25. The Balaban J connectivity index is 2.07. The highest BCUT2D eigenvalue weighted by Crippen LogP contribution is 2.38. The van der Waals surface area contributed by atoms with Crippen molar-refractivity contribution in [2.24, 2.45) is 0 Å². The molecule has 0 amide bonds. The molecule has 3 heteroatoms. The first kappa shape index (κ1) is 9.06. The molecule has 0 aliphatic carbocycles. The van der Waals surface area contributed by atoms with Gasteiger partial charge in [0.25, 0.3) is 0 Å². The summed E-state index contributed by atoms with van der Waals surface area (Å²) in [6.07, 6.45) is 2.21. The SMILES string of the molecule is CSc1ccc([C@H]2O[C@@H]2CO)cc1. The molecule has 2 nitrogen and oxygen atoms in total. The molecule has 1 fully saturated rings. The maximum Gasteiger partial charge on any atom is 0.112 e. The van der Waals surface area contributed by atoms with E-state index >= 15 is 0 Å². The van der Waals surface area contributed by atoms with E-state index in [0.717, 1.165) is 5.56 Å². The van der Waals surface area contributed by atoms with Crippen molar-refractivity contribution >= 4 is 11.8 Å². The summed E-state index contributed by atoms with van der Waals surface area (Å²) in [6.45, 7) is 0.120. The van der Waals surface area contributed by atoms with Gasteiger partial charge in [-0.05, 0) is 24.0 Å². The molecule has 1 aliphatic rings. The van der Waals surface area contributed by atoms with Crippen LogP contribution in [0, 0.1) is 0 Å². The number of hydrogen-bond donors (Lipinski definition) is 1. The molecule has 0 unspecified atom stereocenters. The lowest BCUT2D eigenvalue weighted by atomic mass is 10.1. The third kappa shape index (κ3) is 1.88. The van der Waals surface area contributed by atoms with Crippen LogP contribution in [0.1, 0.15) is 11.7 Å². The average molecular weight is 196 g/mol. The first-order valence-electron chi connectivity index (χ1n) is 4.25. The van der Waals surface area contributed by atoms with Crippen LogP contribution < -0.4 is 0 Å². The van der Waals surface area contributed by atoms with Crippen molar-refractivity contribution in [3.63, 3.8) is 0 Å². The molecule has 1 N–H and O–H groups in total. The first-order chi connectivity index (χ1) is 6.35. The van der Waals surface area contributed by atoms with Gasteiger partial charge in [-0.3, -0.25) is 0 Å². The fraction of sp³-hybridized carbons (Fsp3) is 0.400. The molecule has 2 atom stereocenters. The predicted octanol–water partition coefficient (Wildman–Crippen LogP) is 1.84. The Labute approximate surface area is 81.9 Å². The van der Waals surface area contributed by atoms with Crippen LogP contribution in [0.2, 0.25) is 0 Å². The highest BCUT2D eigenvalue weighted by atomic mass is 32.2. The van der Waals surface area contributed by atoms with Crippen LogP contribution in [-0.4, -0.2) is 24.1 Å². The molecule has 1 heterocycles. The average Bonchev–Trinajstić information content (AvgIpc) is 2.97. The van der Waals surface area contributed by atoms with Crippen LogP contribution in [0.15, 0.2) is 29.2 Å². The molecular formula is C10H12O2S. The molecule has 2 rings (SSSR count). The van der Waals surface area contributed by atoms with Crippen LogP contribution >= 0.6 is 11.8 Å². The number of epoxide rings is 1. The molecule has 1 aromatic rings. The summed E-state index contributed by atoms with van der Waals surface area (Å²) in [5, 5.41) is 8.81. The van der Waals surface area contributed by atoms with Crippen molar-refractivity contribution in [1.82, 2.24) is 0 Å². The van der Waals surface area contributed by atoms with Crippen molar-refractivity contribution in [3.05, 3.63) is 29.8 Å². The summed E-state index contributed by atoms with van der Waals surface area (Å²) >= 11 is 1.73. The normalized spacial score (nSPS) is 26.0. The van der Waals surface area contributed by atoms with E-state index in [1.54, 1.807) is 11.8 Å². The van der Waals surface area contributed by atoms with Gasteiger partial charge in [0.15, 0.2) is 0 Å². The molecule has 0 radical (unpaired) electrons.